The molecule has 112 valence electrons. The molecule has 0 spiro atoms. The molecule has 0 aromatic carbocycles. The standard InChI is InChI=1S/C13H9N5OS2.ClH/c19-13-17-16-6-18(13)5-9-1-2-11(21-9)8-3-10-12(14-4-8)20-7-15-10;/h1-4,6-7H,5H2,(H,17,19);1H. The van der Waals surface area contributed by atoms with Gasteiger partial charge < -0.3 is 0 Å². The third-order valence-corrected chi connectivity index (χ3v) is 4.95. The fraction of sp³-hybridized carbons (Fsp3) is 0.0769. The summed E-state index contributed by atoms with van der Waals surface area (Å²) in [5.41, 5.74) is 3.56. The summed E-state index contributed by atoms with van der Waals surface area (Å²) in [5.74, 6) is 0. The Morgan fingerprint density at radius 2 is 2.18 bits per heavy atom. The van der Waals surface area contributed by atoms with Crippen LogP contribution in [-0.4, -0.2) is 24.7 Å². The van der Waals surface area contributed by atoms with Crippen molar-refractivity contribution in [2.45, 2.75) is 6.54 Å². The summed E-state index contributed by atoms with van der Waals surface area (Å²) >= 11 is 3.17. The third-order valence-electron chi connectivity index (χ3n) is 3.08. The highest BCUT2D eigenvalue weighted by Gasteiger charge is 2.07. The summed E-state index contributed by atoms with van der Waals surface area (Å²) in [5, 5.41) is 6.11. The molecule has 4 aromatic rings. The number of aromatic amines is 1. The monoisotopic (exact) mass is 351 g/mol. The molecule has 1 N–H and O–H groups in total. The summed E-state index contributed by atoms with van der Waals surface area (Å²) in [7, 11) is 0. The lowest BCUT2D eigenvalue weighted by Gasteiger charge is -1.97. The van der Waals surface area contributed by atoms with Gasteiger partial charge in [0.05, 0.1) is 12.1 Å². The number of halogens is 1. The molecule has 0 saturated carbocycles. The molecule has 6 nitrogen and oxygen atoms in total. The highest BCUT2D eigenvalue weighted by atomic mass is 35.5. The second-order valence-electron chi connectivity index (χ2n) is 4.46. The molecule has 0 amide bonds. The van der Waals surface area contributed by atoms with E-state index in [0.717, 1.165) is 25.7 Å². The second-order valence-corrected chi connectivity index (χ2v) is 6.46. The van der Waals surface area contributed by atoms with Crippen LogP contribution in [0.25, 0.3) is 20.8 Å². The van der Waals surface area contributed by atoms with Gasteiger partial charge in [0, 0.05) is 21.5 Å². The van der Waals surface area contributed by atoms with E-state index in [1.807, 2.05) is 24.4 Å². The van der Waals surface area contributed by atoms with Crippen LogP contribution in [0.2, 0.25) is 0 Å². The van der Waals surface area contributed by atoms with Crippen LogP contribution in [0.4, 0.5) is 0 Å². The predicted octanol–water partition coefficient (Wildman–Crippen LogP) is 2.77. The quantitative estimate of drug-likeness (QED) is 0.615. The highest BCUT2D eigenvalue weighted by molar-refractivity contribution is 7.16. The molecule has 0 aliphatic carbocycles. The number of hydrogen-bond donors (Lipinski definition) is 1. The zero-order valence-electron chi connectivity index (χ0n) is 11.1. The van der Waals surface area contributed by atoms with Crippen molar-refractivity contribution in [1.82, 2.24) is 24.7 Å². The normalized spacial score (nSPS) is 10.7. The summed E-state index contributed by atoms with van der Waals surface area (Å²) in [6.45, 7) is 0.520. The summed E-state index contributed by atoms with van der Waals surface area (Å²) in [6.07, 6.45) is 3.37. The maximum Gasteiger partial charge on any atom is 0.343 e. The van der Waals surface area contributed by atoms with Crippen molar-refractivity contribution in [2.24, 2.45) is 0 Å². The van der Waals surface area contributed by atoms with Crippen LogP contribution < -0.4 is 5.69 Å². The summed E-state index contributed by atoms with van der Waals surface area (Å²) in [6, 6.07) is 6.10. The first kappa shape index (κ1) is 14.9. The van der Waals surface area contributed by atoms with Gasteiger partial charge in [-0.1, -0.05) is 0 Å². The summed E-state index contributed by atoms with van der Waals surface area (Å²) < 4.78 is 1.54. The van der Waals surface area contributed by atoms with Gasteiger partial charge in [-0.05, 0) is 18.2 Å². The Balaban J connectivity index is 0.00000144. The fourth-order valence-corrected chi connectivity index (χ4v) is 3.66. The topological polar surface area (TPSA) is 76.5 Å². The van der Waals surface area contributed by atoms with Crippen LogP contribution in [0.1, 0.15) is 4.88 Å². The van der Waals surface area contributed by atoms with Gasteiger partial charge in [0.15, 0.2) is 0 Å². The number of fused-ring (bicyclic) bond motifs is 1. The number of aromatic nitrogens is 5. The minimum atomic E-state index is -0.199. The Kier molecular flexibility index (Phi) is 4.06. The van der Waals surface area contributed by atoms with Crippen molar-refractivity contribution in [3.8, 4) is 10.4 Å². The number of hydrogen-bond acceptors (Lipinski definition) is 6. The van der Waals surface area contributed by atoms with Crippen LogP contribution in [0.3, 0.4) is 0 Å². The molecule has 0 aliphatic rings. The summed E-state index contributed by atoms with van der Waals surface area (Å²) in [4.78, 5) is 23.3. The SMILES string of the molecule is Cl.O=c1[nH]ncn1Cc1ccc(-c2cnc3scnc3c2)s1. The van der Waals surface area contributed by atoms with Crippen LogP contribution in [-0.2, 0) is 6.54 Å². The molecule has 0 bridgehead atoms. The molecule has 0 fully saturated rings. The van der Waals surface area contributed by atoms with Gasteiger partial charge in [0.25, 0.3) is 0 Å². The van der Waals surface area contributed by atoms with Gasteiger partial charge in [0.2, 0.25) is 0 Å². The predicted molar refractivity (Wildman–Crippen MR) is 89.9 cm³/mol. The molecule has 4 aromatic heterocycles. The largest absolute Gasteiger partial charge is 0.343 e. The van der Waals surface area contributed by atoms with E-state index in [9.17, 15) is 4.79 Å². The molecule has 4 rings (SSSR count). The van der Waals surface area contributed by atoms with E-state index < -0.39 is 0 Å². The first-order valence-electron chi connectivity index (χ1n) is 6.18. The zero-order chi connectivity index (χ0) is 14.2. The molecular formula is C13H10ClN5OS2. The van der Waals surface area contributed by atoms with Gasteiger partial charge in [-0.25, -0.2) is 19.9 Å². The van der Waals surface area contributed by atoms with E-state index in [0.29, 0.717) is 6.54 Å². The Labute approximate surface area is 138 Å². The van der Waals surface area contributed by atoms with Gasteiger partial charge in [-0.2, -0.15) is 5.10 Å². The molecule has 0 radical (unpaired) electrons. The molecule has 0 saturated heterocycles. The smallest absolute Gasteiger partial charge is 0.276 e. The Morgan fingerprint density at radius 1 is 1.27 bits per heavy atom. The number of pyridine rings is 1. The first-order valence-corrected chi connectivity index (χ1v) is 7.87. The Morgan fingerprint density at radius 3 is 3.00 bits per heavy atom. The van der Waals surface area contributed by atoms with E-state index in [1.165, 1.54) is 22.2 Å². The number of nitrogens with zero attached hydrogens (tertiary/aromatic N) is 4. The molecule has 4 heterocycles. The van der Waals surface area contributed by atoms with Gasteiger partial charge >= 0.3 is 5.69 Å². The van der Waals surface area contributed by atoms with Crippen LogP contribution in [0.5, 0.6) is 0 Å². The van der Waals surface area contributed by atoms with Crippen molar-refractivity contribution in [1.29, 1.82) is 0 Å². The molecule has 0 unspecified atom stereocenters. The number of nitrogens with one attached hydrogen (secondary N) is 1. The Bertz CT molecular complexity index is 970. The average Bonchev–Trinajstić information content (AvgIpc) is 3.20. The van der Waals surface area contributed by atoms with Gasteiger partial charge in [-0.3, -0.25) is 4.57 Å². The lowest BCUT2D eigenvalue weighted by atomic mass is 10.2. The number of thiazole rings is 1. The van der Waals surface area contributed by atoms with Crippen molar-refractivity contribution < 1.29 is 0 Å². The van der Waals surface area contributed by atoms with Crippen LogP contribution in [0, 0.1) is 0 Å². The maximum absolute atomic E-state index is 11.4. The van der Waals surface area contributed by atoms with E-state index >= 15 is 0 Å². The molecule has 22 heavy (non-hydrogen) atoms. The minimum Gasteiger partial charge on any atom is -0.276 e. The maximum atomic E-state index is 11.4. The zero-order valence-corrected chi connectivity index (χ0v) is 13.5. The van der Waals surface area contributed by atoms with Crippen molar-refractivity contribution in [2.75, 3.05) is 0 Å². The number of H-pyrrole nitrogens is 1. The van der Waals surface area contributed by atoms with Crippen molar-refractivity contribution in [3.63, 3.8) is 0 Å². The lowest BCUT2D eigenvalue weighted by Crippen LogP contribution is -2.16. The first-order chi connectivity index (χ1) is 10.3. The average molecular weight is 352 g/mol. The Hall–Kier alpha value is -2.03. The molecule has 0 aliphatic heterocycles. The molecule has 0 atom stereocenters. The molecule has 9 heteroatoms. The molecular weight excluding hydrogens is 342 g/mol. The minimum absolute atomic E-state index is 0. The van der Waals surface area contributed by atoms with Crippen molar-refractivity contribution >= 4 is 45.4 Å². The number of rotatable bonds is 3. The number of thiophene rings is 1. The lowest BCUT2D eigenvalue weighted by molar-refractivity contribution is 0.772. The second kappa shape index (κ2) is 5.99. The van der Waals surface area contributed by atoms with E-state index in [2.05, 4.69) is 20.2 Å². The van der Waals surface area contributed by atoms with Gasteiger partial charge in [0.1, 0.15) is 16.7 Å². The third kappa shape index (κ3) is 2.68. The highest BCUT2D eigenvalue weighted by Crippen LogP contribution is 2.30. The van der Waals surface area contributed by atoms with Crippen LogP contribution in [0.15, 0.2) is 41.0 Å². The van der Waals surface area contributed by atoms with E-state index in [1.54, 1.807) is 16.8 Å². The fourth-order valence-electron chi connectivity index (χ4n) is 2.06. The van der Waals surface area contributed by atoms with Crippen LogP contribution >= 0.6 is 35.1 Å². The van der Waals surface area contributed by atoms with E-state index in [4.69, 9.17) is 0 Å². The van der Waals surface area contributed by atoms with Crippen molar-refractivity contribution in [3.05, 3.63) is 51.6 Å². The van der Waals surface area contributed by atoms with Gasteiger partial charge in [-0.15, -0.1) is 35.1 Å². The van der Waals surface area contributed by atoms with E-state index in [-0.39, 0.29) is 18.1 Å².